The van der Waals surface area contributed by atoms with Crippen LogP contribution in [0.3, 0.4) is 0 Å². The van der Waals surface area contributed by atoms with Crippen molar-refractivity contribution in [3.05, 3.63) is 47.5 Å². The van der Waals surface area contributed by atoms with Crippen LogP contribution in [0.25, 0.3) is 10.8 Å². The maximum Gasteiger partial charge on any atom is 0.0202 e. The number of hydrogen-bond donors (Lipinski definition) is 1. The second-order valence-electron chi connectivity index (χ2n) is 3.72. The van der Waals surface area contributed by atoms with Crippen LogP contribution < -0.4 is 5.32 Å². The van der Waals surface area contributed by atoms with Gasteiger partial charge in [0.05, 0.1) is 0 Å². The highest BCUT2D eigenvalue weighted by molar-refractivity contribution is 5.83. The van der Waals surface area contributed by atoms with Crippen LogP contribution in [-0.4, -0.2) is 7.05 Å². The zero-order valence-electron chi connectivity index (χ0n) is 8.67. The summed E-state index contributed by atoms with van der Waals surface area (Å²) in [6.45, 7) is 3.06. The Labute approximate surface area is 84.8 Å². The number of rotatable bonds is 2. The Bertz CT molecular complexity index is 446. The van der Waals surface area contributed by atoms with E-state index in [4.69, 9.17) is 0 Å². The summed E-state index contributed by atoms with van der Waals surface area (Å²) in [7, 11) is 1.97. The summed E-state index contributed by atoms with van der Waals surface area (Å²) in [5, 5.41) is 5.81. The number of benzene rings is 2. The molecule has 0 heterocycles. The molecule has 14 heavy (non-hydrogen) atoms. The Balaban J connectivity index is 2.52. The van der Waals surface area contributed by atoms with Crippen LogP contribution in [-0.2, 0) is 6.54 Å². The van der Waals surface area contributed by atoms with Crippen molar-refractivity contribution in [2.24, 2.45) is 0 Å². The molecule has 0 aliphatic carbocycles. The van der Waals surface area contributed by atoms with Crippen LogP contribution in [0.2, 0.25) is 0 Å². The lowest BCUT2D eigenvalue weighted by molar-refractivity contribution is 0.819. The monoisotopic (exact) mass is 185 g/mol. The van der Waals surface area contributed by atoms with E-state index < -0.39 is 0 Å². The molecular formula is C13H15N. The second-order valence-corrected chi connectivity index (χ2v) is 3.72. The van der Waals surface area contributed by atoms with E-state index >= 15 is 0 Å². The Hall–Kier alpha value is -1.34. The van der Waals surface area contributed by atoms with Gasteiger partial charge in [-0.05, 0) is 36.4 Å². The molecule has 2 aromatic carbocycles. The molecule has 0 amide bonds. The maximum atomic E-state index is 3.16. The van der Waals surface area contributed by atoms with Crippen LogP contribution >= 0.6 is 0 Å². The van der Waals surface area contributed by atoms with Crippen molar-refractivity contribution in [2.75, 3.05) is 7.05 Å². The molecule has 0 fully saturated rings. The maximum absolute atomic E-state index is 3.16. The Kier molecular flexibility index (Phi) is 2.51. The molecule has 0 aliphatic rings. The predicted molar refractivity (Wildman–Crippen MR) is 61.4 cm³/mol. The molecule has 1 heteroatoms. The van der Waals surface area contributed by atoms with Gasteiger partial charge in [0, 0.05) is 6.54 Å². The van der Waals surface area contributed by atoms with E-state index in [1.807, 2.05) is 7.05 Å². The molecule has 0 atom stereocenters. The van der Waals surface area contributed by atoms with E-state index in [0.717, 1.165) is 6.54 Å². The Morgan fingerprint density at radius 3 is 2.57 bits per heavy atom. The predicted octanol–water partition coefficient (Wildman–Crippen LogP) is 2.87. The van der Waals surface area contributed by atoms with Gasteiger partial charge in [0.1, 0.15) is 0 Å². The van der Waals surface area contributed by atoms with Crippen molar-refractivity contribution in [1.29, 1.82) is 0 Å². The minimum absolute atomic E-state index is 0.934. The molecule has 0 radical (unpaired) electrons. The largest absolute Gasteiger partial charge is 0.316 e. The molecule has 0 unspecified atom stereocenters. The van der Waals surface area contributed by atoms with Gasteiger partial charge in [0.15, 0.2) is 0 Å². The standard InChI is InChI=1S/C13H15N/c1-10-3-5-12-6-4-11(9-14-2)8-13(12)7-10/h3-8,14H,9H2,1-2H3. The summed E-state index contributed by atoms with van der Waals surface area (Å²) in [5.74, 6) is 0. The molecule has 1 N–H and O–H groups in total. The van der Waals surface area contributed by atoms with Gasteiger partial charge >= 0.3 is 0 Å². The first-order valence-electron chi connectivity index (χ1n) is 4.93. The van der Waals surface area contributed by atoms with Gasteiger partial charge in [0.2, 0.25) is 0 Å². The first-order chi connectivity index (χ1) is 6.79. The minimum Gasteiger partial charge on any atom is -0.316 e. The first-order valence-corrected chi connectivity index (χ1v) is 4.93. The Morgan fingerprint density at radius 2 is 1.79 bits per heavy atom. The van der Waals surface area contributed by atoms with E-state index in [-0.39, 0.29) is 0 Å². The summed E-state index contributed by atoms with van der Waals surface area (Å²) in [6, 6.07) is 13.2. The van der Waals surface area contributed by atoms with Gasteiger partial charge in [-0.15, -0.1) is 0 Å². The van der Waals surface area contributed by atoms with Gasteiger partial charge in [-0.1, -0.05) is 35.9 Å². The van der Waals surface area contributed by atoms with Gasteiger partial charge in [-0.3, -0.25) is 0 Å². The summed E-state index contributed by atoms with van der Waals surface area (Å²) in [4.78, 5) is 0. The lowest BCUT2D eigenvalue weighted by Crippen LogP contribution is -2.04. The molecule has 0 saturated heterocycles. The fourth-order valence-corrected chi connectivity index (χ4v) is 1.73. The molecule has 1 nitrogen and oxygen atoms in total. The summed E-state index contributed by atoms with van der Waals surface area (Å²) < 4.78 is 0. The van der Waals surface area contributed by atoms with Crippen molar-refractivity contribution in [1.82, 2.24) is 5.32 Å². The average Bonchev–Trinajstić information content (AvgIpc) is 2.17. The molecule has 2 aromatic rings. The zero-order chi connectivity index (χ0) is 9.97. The lowest BCUT2D eigenvalue weighted by atomic mass is 10.0. The molecule has 0 spiro atoms. The summed E-state index contributed by atoms with van der Waals surface area (Å²) in [5.41, 5.74) is 2.66. The van der Waals surface area contributed by atoms with E-state index in [2.05, 4.69) is 48.6 Å². The quantitative estimate of drug-likeness (QED) is 0.758. The number of nitrogens with one attached hydrogen (secondary N) is 1. The highest BCUT2D eigenvalue weighted by Gasteiger charge is 1.95. The Morgan fingerprint density at radius 1 is 1.00 bits per heavy atom. The fourth-order valence-electron chi connectivity index (χ4n) is 1.73. The summed E-state index contributed by atoms with van der Waals surface area (Å²) in [6.07, 6.45) is 0. The number of fused-ring (bicyclic) bond motifs is 1. The van der Waals surface area contributed by atoms with Gasteiger partial charge in [0.25, 0.3) is 0 Å². The third-order valence-electron chi connectivity index (χ3n) is 2.44. The highest BCUT2D eigenvalue weighted by Crippen LogP contribution is 2.17. The van der Waals surface area contributed by atoms with Crippen molar-refractivity contribution < 1.29 is 0 Å². The molecule has 0 aromatic heterocycles. The second kappa shape index (κ2) is 3.81. The van der Waals surface area contributed by atoms with Crippen molar-refractivity contribution >= 4 is 10.8 Å². The SMILES string of the molecule is CNCc1ccc2ccc(C)cc2c1. The van der Waals surface area contributed by atoms with Crippen LogP contribution in [0.5, 0.6) is 0 Å². The smallest absolute Gasteiger partial charge is 0.0202 e. The van der Waals surface area contributed by atoms with Crippen LogP contribution in [0.1, 0.15) is 11.1 Å². The molecular weight excluding hydrogens is 170 g/mol. The van der Waals surface area contributed by atoms with Gasteiger partial charge in [-0.25, -0.2) is 0 Å². The molecule has 72 valence electrons. The van der Waals surface area contributed by atoms with Gasteiger partial charge < -0.3 is 5.32 Å². The molecule has 0 saturated carbocycles. The van der Waals surface area contributed by atoms with Crippen LogP contribution in [0.4, 0.5) is 0 Å². The lowest BCUT2D eigenvalue weighted by Gasteiger charge is -2.03. The van der Waals surface area contributed by atoms with Crippen molar-refractivity contribution in [2.45, 2.75) is 13.5 Å². The van der Waals surface area contributed by atoms with E-state index in [9.17, 15) is 0 Å². The molecule has 0 bridgehead atoms. The first kappa shape index (κ1) is 9.22. The third kappa shape index (κ3) is 1.78. The average molecular weight is 185 g/mol. The van der Waals surface area contributed by atoms with E-state index in [0.29, 0.717) is 0 Å². The highest BCUT2D eigenvalue weighted by atomic mass is 14.8. The van der Waals surface area contributed by atoms with Gasteiger partial charge in [-0.2, -0.15) is 0 Å². The number of hydrogen-bond acceptors (Lipinski definition) is 1. The molecule has 0 aliphatic heterocycles. The third-order valence-corrected chi connectivity index (χ3v) is 2.44. The molecule has 2 rings (SSSR count). The topological polar surface area (TPSA) is 12.0 Å². The van der Waals surface area contributed by atoms with Crippen molar-refractivity contribution in [3.63, 3.8) is 0 Å². The van der Waals surface area contributed by atoms with E-state index in [1.165, 1.54) is 21.9 Å². The van der Waals surface area contributed by atoms with Crippen LogP contribution in [0.15, 0.2) is 36.4 Å². The van der Waals surface area contributed by atoms with E-state index in [1.54, 1.807) is 0 Å². The van der Waals surface area contributed by atoms with Crippen molar-refractivity contribution in [3.8, 4) is 0 Å². The zero-order valence-corrected chi connectivity index (χ0v) is 8.67. The normalized spacial score (nSPS) is 10.7. The summed E-state index contributed by atoms with van der Waals surface area (Å²) >= 11 is 0. The fraction of sp³-hybridized carbons (Fsp3) is 0.231. The van der Waals surface area contributed by atoms with Crippen LogP contribution in [0, 0.1) is 6.92 Å². The number of aryl methyl sites for hydroxylation is 1. The minimum atomic E-state index is 0.934.